The number of hydrogen-bond donors (Lipinski definition) is 1. The van der Waals surface area contributed by atoms with Gasteiger partial charge in [-0.1, -0.05) is 29.8 Å². The van der Waals surface area contributed by atoms with Gasteiger partial charge in [-0.15, -0.1) is 11.3 Å². The van der Waals surface area contributed by atoms with Gasteiger partial charge in [0.05, 0.1) is 15.5 Å². The van der Waals surface area contributed by atoms with Crippen molar-refractivity contribution in [2.24, 2.45) is 0 Å². The van der Waals surface area contributed by atoms with E-state index in [-0.39, 0.29) is 10.8 Å². The molecule has 0 aliphatic heterocycles. The fraction of sp³-hybridized carbons (Fsp3) is 0.125. The zero-order valence-electron chi connectivity index (χ0n) is 17.4. The predicted molar refractivity (Wildman–Crippen MR) is 128 cm³/mol. The first-order valence-corrected chi connectivity index (χ1v) is 12.0. The Morgan fingerprint density at radius 1 is 0.903 bits per heavy atom. The van der Waals surface area contributed by atoms with E-state index in [4.69, 9.17) is 0 Å². The highest BCUT2D eigenvalue weighted by molar-refractivity contribution is 7.92. The molecule has 4 aromatic rings. The molecule has 0 radical (unpaired) electrons. The lowest BCUT2D eigenvalue weighted by molar-refractivity contribution is 0.103. The zero-order chi connectivity index (χ0) is 22.2. The molecular formula is C24H22N2O3S2. The number of rotatable bonds is 5. The number of sulfonamides is 1. The van der Waals surface area contributed by atoms with Crippen molar-refractivity contribution in [2.75, 3.05) is 16.7 Å². The van der Waals surface area contributed by atoms with E-state index in [1.54, 1.807) is 42.5 Å². The van der Waals surface area contributed by atoms with Crippen LogP contribution in [0.25, 0.3) is 10.1 Å². The summed E-state index contributed by atoms with van der Waals surface area (Å²) >= 11 is 1.37. The number of anilines is 2. The third-order valence-corrected chi connectivity index (χ3v) is 7.96. The van der Waals surface area contributed by atoms with E-state index in [0.717, 1.165) is 26.9 Å². The molecule has 5 nitrogen and oxygen atoms in total. The minimum atomic E-state index is -3.67. The van der Waals surface area contributed by atoms with Crippen LogP contribution in [0, 0.1) is 13.8 Å². The summed E-state index contributed by atoms with van der Waals surface area (Å²) in [6, 6.07) is 21.6. The van der Waals surface area contributed by atoms with Crippen molar-refractivity contribution in [2.45, 2.75) is 18.7 Å². The van der Waals surface area contributed by atoms with Crippen LogP contribution in [0.1, 0.15) is 20.8 Å². The predicted octanol–water partition coefficient (Wildman–Crippen LogP) is 5.60. The van der Waals surface area contributed by atoms with Crippen LogP contribution in [0.3, 0.4) is 0 Å². The summed E-state index contributed by atoms with van der Waals surface area (Å²) in [5.41, 5.74) is 3.35. The average molecular weight is 451 g/mol. The number of hydrogen-bond acceptors (Lipinski definition) is 4. The highest BCUT2D eigenvalue weighted by atomic mass is 32.2. The maximum Gasteiger partial charge on any atom is 0.265 e. The summed E-state index contributed by atoms with van der Waals surface area (Å²) in [4.78, 5) is 13.5. The van der Waals surface area contributed by atoms with Gasteiger partial charge in [-0.25, -0.2) is 8.42 Å². The number of fused-ring (bicyclic) bond motifs is 1. The zero-order valence-corrected chi connectivity index (χ0v) is 19.0. The first-order chi connectivity index (χ1) is 14.7. The molecule has 1 N–H and O–H groups in total. The first kappa shape index (κ1) is 21.1. The van der Waals surface area contributed by atoms with Gasteiger partial charge in [0, 0.05) is 17.4 Å². The smallest absolute Gasteiger partial charge is 0.265 e. The molecule has 0 unspecified atom stereocenters. The quantitative estimate of drug-likeness (QED) is 0.431. The molecule has 0 atom stereocenters. The van der Waals surface area contributed by atoms with Crippen molar-refractivity contribution in [3.63, 3.8) is 0 Å². The first-order valence-electron chi connectivity index (χ1n) is 9.71. The van der Waals surface area contributed by atoms with Crippen molar-refractivity contribution in [3.8, 4) is 0 Å². The molecule has 3 aromatic carbocycles. The Hall–Kier alpha value is -3.16. The van der Waals surface area contributed by atoms with Gasteiger partial charge in [0.25, 0.3) is 15.9 Å². The molecule has 0 aliphatic carbocycles. The fourth-order valence-electron chi connectivity index (χ4n) is 3.26. The second kappa shape index (κ2) is 8.17. The average Bonchev–Trinajstić information content (AvgIpc) is 3.17. The van der Waals surface area contributed by atoms with Crippen LogP contribution < -0.4 is 9.62 Å². The Morgan fingerprint density at radius 2 is 1.65 bits per heavy atom. The number of amides is 1. The van der Waals surface area contributed by atoms with Gasteiger partial charge in [0.2, 0.25) is 0 Å². The van der Waals surface area contributed by atoms with E-state index in [1.165, 1.54) is 22.7 Å². The van der Waals surface area contributed by atoms with Crippen molar-refractivity contribution in [1.29, 1.82) is 0 Å². The third kappa shape index (κ3) is 4.33. The molecule has 0 spiro atoms. The van der Waals surface area contributed by atoms with Crippen LogP contribution in [-0.2, 0) is 10.0 Å². The molecule has 0 saturated carbocycles. The monoisotopic (exact) mass is 450 g/mol. The molecule has 0 aliphatic rings. The summed E-state index contributed by atoms with van der Waals surface area (Å²) in [6.07, 6.45) is 0. The lowest BCUT2D eigenvalue weighted by Gasteiger charge is -2.19. The molecule has 1 heterocycles. The highest BCUT2D eigenvalue weighted by Crippen LogP contribution is 2.31. The molecule has 4 rings (SSSR count). The molecule has 0 saturated heterocycles. The summed E-state index contributed by atoms with van der Waals surface area (Å²) < 4.78 is 28.2. The van der Waals surface area contributed by atoms with E-state index in [2.05, 4.69) is 5.32 Å². The van der Waals surface area contributed by atoms with Crippen LogP contribution in [0.2, 0.25) is 0 Å². The van der Waals surface area contributed by atoms with E-state index in [1.807, 2.05) is 44.2 Å². The molecule has 1 aromatic heterocycles. The van der Waals surface area contributed by atoms with Gasteiger partial charge in [-0.3, -0.25) is 9.10 Å². The van der Waals surface area contributed by atoms with Crippen molar-refractivity contribution < 1.29 is 13.2 Å². The molecule has 7 heteroatoms. The van der Waals surface area contributed by atoms with E-state index in [0.29, 0.717) is 10.6 Å². The Balaban J connectivity index is 1.61. The van der Waals surface area contributed by atoms with Crippen LogP contribution >= 0.6 is 11.3 Å². The number of carbonyl (C=O) groups excluding carboxylic acids is 1. The van der Waals surface area contributed by atoms with Crippen LogP contribution in [0.5, 0.6) is 0 Å². The van der Waals surface area contributed by atoms with Crippen molar-refractivity contribution in [1.82, 2.24) is 0 Å². The largest absolute Gasteiger partial charge is 0.321 e. The molecule has 1 amide bonds. The SMILES string of the molecule is Cc1ccc(S(=O)(=O)N(C)c2ccc3sc(C(=O)Nc4cccc(C)c4)cc3c2)cc1. The third-order valence-electron chi connectivity index (χ3n) is 5.04. The Bertz CT molecular complexity index is 1370. The van der Waals surface area contributed by atoms with E-state index >= 15 is 0 Å². The fourth-order valence-corrected chi connectivity index (χ4v) is 5.39. The summed E-state index contributed by atoms with van der Waals surface area (Å²) in [5, 5.41) is 3.73. The molecular weight excluding hydrogens is 428 g/mol. The standard InChI is InChI=1S/C24H22N2O3S2/c1-16-7-10-21(11-8-16)31(28,29)26(3)20-9-12-22-18(14-20)15-23(30-22)24(27)25-19-6-4-5-17(2)13-19/h4-15H,1-3H3,(H,25,27). The minimum Gasteiger partial charge on any atom is -0.321 e. The Kier molecular flexibility index (Phi) is 5.56. The van der Waals surface area contributed by atoms with Gasteiger partial charge in [0.1, 0.15) is 0 Å². The molecule has 0 bridgehead atoms. The van der Waals surface area contributed by atoms with E-state index < -0.39 is 10.0 Å². The van der Waals surface area contributed by atoms with Gasteiger partial charge in [0.15, 0.2) is 0 Å². The normalized spacial score (nSPS) is 11.5. The summed E-state index contributed by atoms with van der Waals surface area (Å²) in [5.74, 6) is -0.186. The minimum absolute atomic E-state index is 0.186. The van der Waals surface area contributed by atoms with Crippen molar-refractivity contribution in [3.05, 3.63) is 88.8 Å². The topological polar surface area (TPSA) is 66.5 Å². The number of thiophene rings is 1. The maximum absolute atomic E-state index is 13.0. The van der Waals surface area contributed by atoms with Gasteiger partial charge in [-0.05, 0) is 73.3 Å². The second-order valence-corrected chi connectivity index (χ2v) is 10.5. The molecule has 31 heavy (non-hydrogen) atoms. The maximum atomic E-state index is 13.0. The van der Waals surface area contributed by atoms with E-state index in [9.17, 15) is 13.2 Å². The Labute approximate surface area is 186 Å². The summed E-state index contributed by atoms with van der Waals surface area (Å²) in [6.45, 7) is 3.88. The van der Waals surface area contributed by atoms with Crippen LogP contribution in [-0.4, -0.2) is 21.4 Å². The number of nitrogens with one attached hydrogen (secondary N) is 1. The summed E-state index contributed by atoms with van der Waals surface area (Å²) in [7, 11) is -2.14. The number of carbonyl (C=O) groups is 1. The van der Waals surface area contributed by atoms with Crippen LogP contribution in [0.15, 0.2) is 77.7 Å². The van der Waals surface area contributed by atoms with Crippen molar-refractivity contribution >= 4 is 48.7 Å². The lowest BCUT2D eigenvalue weighted by atomic mass is 10.2. The lowest BCUT2D eigenvalue weighted by Crippen LogP contribution is -2.26. The highest BCUT2D eigenvalue weighted by Gasteiger charge is 2.22. The Morgan fingerprint density at radius 3 is 2.35 bits per heavy atom. The second-order valence-electron chi connectivity index (χ2n) is 7.44. The van der Waals surface area contributed by atoms with Gasteiger partial charge in [-0.2, -0.15) is 0 Å². The van der Waals surface area contributed by atoms with Gasteiger partial charge < -0.3 is 5.32 Å². The number of benzene rings is 3. The molecule has 0 fully saturated rings. The van der Waals surface area contributed by atoms with Crippen LogP contribution in [0.4, 0.5) is 11.4 Å². The number of aryl methyl sites for hydroxylation is 2. The number of nitrogens with zero attached hydrogens (tertiary/aromatic N) is 1. The van der Waals surface area contributed by atoms with Gasteiger partial charge >= 0.3 is 0 Å². The molecule has 158 valence electrons.